The number of hydrogen-bond acceptors (Lipinski definition) is 11. The normalized spacial score (nSPS) is 32.3. The van der Waals surface area contributed by atoms with Gasteiger partial charge < -0.3 is 43.7 Å². The van der Waals surface area contributed by atoms with Crippen molar-refractivity contribution in [1.82, 2.24) is 0 Å². The van der Waals surface area contributed by atoms with Crippen LogP contribution in [0.1, 0.15) is 0 Å². The summed E-state index contributed by atoms with van der Waals surface area (Å²) in [6.07, 6.45) is -4.90. The molecule has 8 atom stereocenters. The summed E-state index contributed by atoms with van der Waals surface area (Å²) in [6, 6.07) is -0.841. The lowest BCUT2D eigenvalue weighted by molar-refractivity contribution is -0.271. The number of methoxy groups -OCH3 is 4. The first kappa shape index (κ1) is 24.0. The molecule has 0 bridgehead atoms. The molecule has 1 heterocycles. The van der Waals surface area contributed by atoms with Gasteiger partial charge in [-0.1, -0.05) is 0 Å². The summed E-state index contributed by atoms with van der Waals surface area (Å²) < 4.78 is 31.2. The van der Waals surface area contributed by atoms with E-state index in [4.69, 9.17) is 28.4 Å². The number of carbonyl (C=O) groups is 1. The smallest absolute Gasteiger partial charge is 0.214 e. The van der Waals surface area contributed by atoms with Crippen molar-refractivity contribution in [2.24, 2.45) is 4.99 Å². The molecule has 27 heavy (non-hydrogen) atoms. The Bertz CT molecular complexity index is 451. The largest absolute Gasteiger partial charge is 0.394 e. The van der Waals surface area contributed by atoms with Gasteiger partial charge in [0.25, 0.3) is 0 Å². The molecular formula is C16H29NO10. The van der Waals surface area contributed by atoms with Gasteiger partial charge in [0.05, 0.1) is 13.2 Å². The monoisotopic (exact) mass is 395 g/mol. The van der Waals surface area contributed by atoms with E-state index >= 15 is 0 Å². The molecule has 0 saturated carbocycles. The number of ether oxygens (including phenoxy) is 6. The van der Waals surface area contributed by atoms with Crippen LogP contribution in [0.15, 0.2) is 4.99 Å². The minimum absolute atomic E-state index is 0.359. The molecule has 0 aromatic carbocycles. The van der Waals surface area contributed by atoms with Crippen molar-refractivity contribution in [3.8, 4) is 0 Å². The van der Waals surface area contributed by atoms with Crippen LogP contribution in [0.3, 0.4) is 0 Å². The van der Waals surface area contributed by atoms with Crippen LogP contribution < -0.4 is 0 Å². The first-order valence-electron chi connectivity index (χ1n) is 8.31. The second-order valence-electron chi connectivity index (χ2n) is 5.74. The van der Waals surface area contributed by atoms with Gasteiger partial charge in [-0.25, -0.2) is 0 Å². The lowest BCUT2D eigenvalue weighted by atomic mass is 9.96. The fourth-order valence-electron chi connectivity index (χ4n) is 2.74. The zero-order valence-electron chi connectivity index (χ0n) is 15.8. The van der Waals surface area contributed by atoms with E-state index in [9.17, 15) is 20.1 Å². The Labute approximate surface area is 157 Å². The van der Waals surface area contributed by atoms with Crippen LogP contribution in [0.4, 0.5) is 0 Å². The van der Waals surface area contributed by atoms with Crippen molar-refractivity contribution < 1.29 is 48.5 Å². The number of rotatable bonds is 12. The molecule has 1 fully saturated rings. The fourth-order valence-corrected chi connectivity index (χ4v) is 2.74. The Morgan fingerprint density at radius 3 is 2.30 bits per heavy atom. The van der Waals surface area contributed by atoms with Gasteiger partial charge in [-0.2, -0.15) is 0 Å². The maximum absolute atomic E-state index is 10.9. The van der Waals surface area contributed by atoms with E-state index in [0.29, 0.717) is 6.29 Å². The minimum Gasteiger partial charge on any atom is -0.394 e. The van der Waals surface area contributed by atoms with Crippen LogP contribution in [0, 0.1) is 0 Å². The van der Waals surface area contributed by atoms with Crippen LogP contribution in [0.2, 0.25) is 0 Å². The quantitative estimate of drug-likeness (QED) is 0.188. The highest BCUT2D eigenvalue weighted by atomic mass is 16.7. The standard InChI is InChI=1S/C16H29NO10/c1-22-9(10(6-18)26-12(8-20)23-2)5-17-13-14(21)16(25-4)27-11(7-19)15(13)24-3/h5,8-16,18-19,21H,6-7H2,1-4H3. The average Bonchev–Trinajstić information content (AvgIpc) is 2.70. The number of aldehydes is 1. The SMILES string of the molecule is COC(C=O)OC(CO)C(C=NC1C(O)C(OC)OC(CO)C1OC)OC. The average molecular weight is 395 g/mol. The summed E-state index contributed by atoms with van der Waals surface area (Å²) in [6.45, 7) is -0.829. The Balaban J connectivity index is 2.99. The molecule has 0 spiro atoms. The zero-order valence-corrected chi connectivity index (χ0v) is 15.8. The molecule has 11 heteroatoms. The number of nitrogens with zero attached hydrogens (tertiary/aromatic N) is 1. The van der Waals surface area contributed by atoms with E-state index < -0.39 is 55.7 Å². The van der Waals surface area contributed by atoms with Gasteiger partial charge in [0, 0.05) is 34.7 Å². The van der Waals surface area contributed by atoms with Gasteiger partial charge in [-0.05, 0) is 0 Å². The van der Waals surface area contributed by atoms with Gasteiger partial charge in [-0.15, -0.1) is 0 Å². The third-order valence-electron chi connectivity index (χ3n) is 4.20. The Morgan fingerprint density at radius 1 is 1.15 bits per heavy atom. The lowest BCUT2D eigenvalue weighted by Gasteiger charge is -2.41. The number of aliphatic imine (C=N–C) groups is 1. The fraction of sp³-hybridized carbons (Fsp3) is 0.875. The van der Waals surface area contributed by atoms with E-state index in [1.807, 2.05) is 0 Å². The number of hydrogen-bond donors (Lipinski definition) is 3. The predicted molar refractivity (Wildman–Crippen MR) is 91.5 cm³/mol. The van der Waals surface area contributed by atoms with Gasteiger partial charge in [0.2, 0.25) is 6.29 Å². The topological polar surface area (TPSA) is 146 Å². The number of aliphatic hydroxyl groups is 3. The van der Waals surface area contributed by atoms with Gasteiger partial charge in [0.1, 0.15) is 36.6 Å². The molecule has 1 rings (SSSR count). The van der Waals surface area contributed by atoms with Crippen molar-refractivity contribution in [2.75, 3.05) is 41.7 Å². The second-order valence-corrected chi connectivity index (χ2v) is 5.74. The van der Waals surface area contributed by atoms with Crippen LogP contribution in [-0.2, 0) is 33.2 Å². The molecular weight excluding hydrogens is 366 g/mol. The van der Waals surface area contributed by atoms with Gasteiger partial charge >= 0.3 is 0 Å². The summed E-state index contributed by atoms with van der Waals surface area (Å²) in [5.41, 5.74) is 0. The van der Waals surface area contributed by atoms with Crippen LogP contribution in [0.5, 0.6) is 0 Å². The summed E-state index contributed by atoms with van der Waals surface area (Å²) >= 11 is 0. The van der Waals surface area contributed by atoms with E-state index in [2.05, 4.69) is 4.99 Å². The highest BCUT2D eigenvalue weighted by Gasteiger charge is 2.45. The van der Waals surface area contributed by atoms with Crippen molar-refractivity contribution in [2.45, 2.75) is 49.1 Å². The van der Waals surface area contributed by atoms with Gasteiger partial charge in [0.15, 0.2) is 12.6 Å². The zero-order chi connectivity index (χ0) is 20.4. The maximum Gasteiger partial charge on any atom is 0.214 e. The summed E-state index contributed by atoms with van der Waals surface area (Å²) in [5.74, 6) is 0. The molecule has 0 radical (unpaired) electrons. The molecule has 0 amide bonds. The maximum atomic E-state index is 10.9. The predicted octanol–water partition coefficient (Wildman–Crippen LogP) is -2.27. The van der Waals surface area contributed by atoms with Crippen LogP contribution in [0.25, 0.3) is 0 Å². The summed E-state index contributed by atoms with van der Waals surface area (Å²) in [5, 5.41) is 29.5. The van der Waals surface area contributed by atoms with E-state index in [1.165, 1.54) is 34.7 Å². The summed E-state index contributed by atoms with van der Waals surface area (Å²) in [4.78, 5) is 15.2. The van der Waals surface area contributed by atoms with Crippen molar-refractivity contribution >= 4 is 12.5 Å². The molecule has 1 saturated heterocycles. The highest BCUT2D eigenvalue weighted by Crippen LogP contribution is 2.26. The molecule has 8 unspecified atom stereocenters. The third kappa shape index (κ3) is 6.24. The highest BCUT2D eigenvalue weighted by molar-refractivity contribution is 5.64. The van der Waals surface area contributed by atoms with Crippen molar-refractivity contribution in [3.05, 3.63) is 0 Å². The molecule has 0 aromatic rings. The number of aliphatic hydroxyl groups excluding tert-OH is 3. The molecule has 158 valence electrons. The molecule has 11 nitrogen and oxygen atoms in total. The molecule has 0 aromatic heterocycles. The van der Waals surface area contributed by atoms with Crippen molar-refractivity contribution in [1.29, 1.82) is 0 Å². The van der Waals surface area contributed by atoms with Crippen LogP contribution >= 0.6 is 0 Å². The molecule has 0 aliphatic carbocycles. The Kier molecular flexibility index (Phi) is 11.1. The van der Waals surface area contributed by atoms with E-state index in [-0.39, 0.29) is 6.61 Å². The summed E-state index contributed by atoms with van der Waals surface area (Å²) in [7, 11) is 5.41. The Hall–Kier alpha value is -1.02. The molecule has 1 aliphatic heterocycles. The first-order chi connectivity index (χ1) is 13.0. The van der Waals surface area contributed by atoms with Crippen molar-refractivity contribution in [3.63, 3.8) is 0 Å². The molecule has 1 aliphatic rings. The number of carbonyl (C=O) groups excluding carboxylic acids is 1. The van der Waals surface area contributed by atoms with E-state index in [0.717, 1.165) is 0 Å². The first-order valence-corrected chi connectivity index (χ1v) is 8.31. The third-order valence-corrected chi connectivity index (χ3v) is 4.20. The Morgan fingerprint density at radius 2 is 1.85 bits per heavy atom. The second kappa shape index (κ2) is 12.4. The van der Waals surface area contributed by atoms with Crippen LogP contribution in [-0.4, -0.2) is 119 Å². The molecule has 3 N–H and O–H groups in total. The minimum atomic E-state index is -1.18. The lowest BCUT2D eigenvalue weighted by Crippen LogP contribution is -2.59. The van der Waals surface area contributed by atoms with Gasteiger partial charge in [-0.3, -0.25) is 9.79 Å². The van der Waals surface area contributed by atoms with E-state index in [1.54, 1.807) is 0 Å².